The largest absolute Gasteiger partial charge is 0.383 e. The molecule has 1 aromatic carbocycles. The minimum absolute atomic E-state index is 0.733. The third-order valence-corrected chi connectivity index (χ3v) is 4.65. The Bertz CT molecular complexity index is 622. The van der Waals surface area contributed by atoms with E-state index in [0.29, 0.717) is 0 Å². The number of halogens is 1. The van der Waals surface area contributed by atoms with Gasteiger partial charge in [-0.05, 0) is 53.9 Å². The van der Waals surface area contributed by atoms with Gasteiger partial charge in [0.1, 0.15) is 0 Å². The molecular formula is C16H22BrN3O. The maximum absolute atomic E-state index is 5.03. The molecule has 0 unspecified atom stereocenters. The number of ether oxygens (including phenoxy) is 1. The first-order valence-corrected chi connectivity index (χ1v) is 7.85. The van der Waals surface area contributed by atoms with Crippen LogP contribution in [0.2, 0.25) is 0 Å². The van der Waals surface area contributed by atoms with E-state index in [4.69, 9.17) is 4.74 Å². The molecule has 0 fully saturated rings. The molecule has 114 valence electrons. The zero-order chi connectivity index (χ0) is 15.4. The van der Waals surface area contributed by atoms with E-state index in [1.807, 2.05) is 11.6 Å². The molecule has 2 rings (SSSR count). The quantitative estimate of drug-likeness (QED) is 0.811. The number of methoxy groups -OCH3 is 1. The number of aromatic nitrogens is 2. The van der Waals surface area contributed by atoms with Crippen molar-refractivity contribution in [2.24, 2.45) is 0 Å². The summed E-state index contributed by atoms with van der Waals surface area (Å²) >= 11 is 3.58. The second kappa shape index (κ2) is 7.20. The molecule has 0 bridgehead atoms. The van der Waals surface area contributed by atoms with Gasteiger partial charge in [0.15, 0.2) is 0 Å². The van der Waals surface area contributed by atoms with Crippen LogP contribution in [0.1, 0.15) is 22.5 Å². The molecule has 1 aromatic heterocycles. The van der Waals surface area contributed by atoms with E-state index >= 15 is 0 Å². The molecule has 2 aromatic rings. The summed E-state index contributed by atoms with van der Waals surface area (Å²) in [5.74, 6) is 0. The Morgan fingerprint density at radius 3 is 2.62 bits per heavy atom. The van der Waals surface area contributed by atoms with E-state index in [0.717, 1.165) is 41.2 Å². The van der Waals surface area contributed by atoms with Crippen molar-refractivity contribution in [3.8, 4) is 5.69 Å². The lowest BCUT2D eigenvalue weighted by molar-refractivity contribution is 0.199. The summed E-state index contributed by atoms with van der Waals surface area (Å²) in [4.78, 5) is 0. The van der Waals surface area contributed by atoms with Gasteiger partial charge in [0.2, 0.25) is 0 Å². The van der Waals surface area contributed by atoms with Crippen molar-refractivity contribution in [3.05, 3.63) is 45.2 Å². The third kappa shape index (κ3) is 3.73. The van der Waals surface area contributed by atoms with Gasteiger partial charge in [-0.1, -0.05) is 12.1 Å². The second-order valence-electron chi connectivity index (χ2n) is 5.19. The Morgan fingerprint density at radius 1 is 1.29 bits per heavy atom. The molecule has 0 saturated heterocycles. The fourth-order valence-corrected chi connectivity index (χ4v) is 2.58. The predicted molar refractivity (Wildman–Crippen MR) is 89.1 cm³/mol. The first kappa shape index (κ1) is 16.2. The molecular weight excluding hydrogens is 330 g/mol. The fourth-order valence-electron chi connectivity index (χ4n) is 2.33. The number of aryl methyl sites for hydroxylation is 2. The molecule has 0 saturated carbocycles. The number of benzene rings is 1. The first-order valence-electron chi connectivity index (χ1n) is 7.06. The zero-order valence-corrected chi connectivity index (χ0v) is 14.6. The highest BCUT2D eigenvalue weighted by atomic mass is 79.9. The summed E-state index contributed by atoms with van der Waals surface area (Å²) in [6.07, 6.45) is 0. The van der Waals surface area contributed by atoms with E-state index in [-0.39, 0.29) is 0 Å². The minimum atomic E-state index is 0.733. The van der Waals surface area contributed by atoms with Gasteiger partial charge in [0, 0.05) is 20.2 Å². The smallest absolute Gasteiger partial charge is 0.0743 e. The fraction of sp³-hybridized carbons (Fsp3) is 0.438. The number of nitrogens with one attached hydrogen (secondary N) is 1. The molecule has 21 heavy (non-hydrogen) atoms. The van der Waals surface area contributed by atoms with E-state index < -0.39 is 0 Å². The summed E-state index contributed by atoms with van der Waals surface area (Å²) < 4.78 is 8.10. The molecule has 0 aliphatic carbocycles. The van der Waals surface area contributed by atoms with Crippen molar-refractivity contribution in [3.63, 3.8) is 0 Å². The van der Waals surface area contributed by atoms with Crippen LogP contribution in [0, 0.1) is 20.8 Å². The molecule has 1 heterocycles. The lowest BCUT2D eigenvalue weighted by Gasteiger charge is -2.11. The number of nitrogens with zero attached hydrogens (tertiary/aromatic N) is 2. The van der Waals surface area contributed by atoms with Crippen LogP contribution in [0.25, 0.3) is 5.69 Å². The lowest BCUT2D eigenvalue weighted by Crippen LogP contribution is -2.18. The Balaban J connectivity index is 2.17. The topological polar surface area (TPSA) is 39.1 Å². The van der Waals surface area contributed by atoms with Gasteiger partial charge in [0.25, 0.3) is 0 Å². The summed E-state index contributed by atoms with van der Waals surface area (Å²) in [5, 5.41) is 7.95. The monoisotopic (exact) mass is 351 g/mol. The third-order valence-electron chi connectivity index (χ3n) is 3.50. The highest BCUT2D eigenvalue weighted by Gasteiger charge is 2.12. The van der Waals surface area contributed by atoms with Crippen LogP contribution >= 0.6 is 15.9 Å². The van der Waals surface area contributed by atoms with Crippen LogP contribution in [0.5, 0.6) is 0 Å². The van der Waals surface area contributed by atoms with Crippen LogP contribution in [0.4, 0.5) is 0 Å². The summed E-state index contributed by atoms with van der Waals surface area (Å²) in [6, 6.07) is 6.49. The number of hydrogen-bond donors (Lipinski definition) is 1. The molecule has 5 heteroatoms. The Labute approximate surface area is 134 Å². The van der Waals surface area contributed by atoms with Gasteiger partial charge in [-0.25, -0.2) is 4.68 Å². The zero-order valence-electron chi connectivity index (χ0n) is 13.0. The number of rotatable bonds is 6. The molecule has 0 aliphatic heterocycles. The van der Waals surface area contributed by atoms with Crippen molar-refractivity contribution < 1.29 is 4.74 Å². The Hall–Kier alpha value is -1.17. The SMILES string of the molecule is COCCNCc1ccc(-n2nc(C)c(Br)c2C)c(C)c1. The summed E-state index contributed by atoms with van der Waals surface area (Å²) in [7, 11) is 1.72. The van der Waals surface area contributed by atoms with E-state index in [2.05, 4.69) is 58.4 Å². The van der Waals surface area contributed by atoms with Crippen LogP contribution in [0.15, 0.2) is 22.7 Å². The second-order valence-corrected chi connectivity index (χ2v) is 5.98. The maximum Gasteiger partial charge on any atom is 0.0743 e. The van der Waals surface area contributed by atoms with Gasteiger partial charge < -0.3 is 10.1 Å². The molecule has 0 atom stereocenters. The average molecular weight is 352 g/mol. The van der Waals surface area contributed by atoms with Gasteiger partial charge in [0.05, 0.1) is 28.2 Å². The highest BCUT2D eigenvalue weighted by molar-refractivity contribution is 9.10. The molecule has 0 radical (unpaired) electrons. The molecule has 0 amide bonds. The van der Waals surface area contributed by atoms with Gasteiger partial charge in [-0.2, -0.15) is 5.10 Å². The van der Waals surface area contributed by atoms with Crippen molar-refractivity contribution in [1.82, 2.24) is 15.1 Å². The van der Waals surface area contributed by atoms with Crippen LogP contribution in [-0.4, -0.2) is 30.0 Å². The van der Waals surface area contributed by atoms with E-state index in [1.54, 1.807) is 7.11 Å². The van der Waals surface area contributed by atoms with Crippen LogP contribution < -0.4 is 5.32 Å². The summed E-state index contributed by atoms with van der Waals surface area (Å²) in [5.41, 5.74) is 5.76. The lowest BCUT2D eigenvalue weighted by atomic mass is 10.1. The van der Waals surface area contributed by atoms with Crippen LogP contribution in [0.3, 0.4) is 0 Å². The van der Waals surface area contributed by atoms with E-state index in [1.165, 1.54) is 11.1 Å². The Morgan fingerprint density at radius 2 is 2.05 bits per heavy atom. The minimum Gasteiger partial charge on any atom is -0.383 e. The molecule has 0 spiro atoms. The van der Waals surface area contributed by atoms with Crippen molar-refractivity contribution in [1.29, 1.82) is 0 Å². The maximum atomic E-state index is 5.03. The van der Waals surface area contributed by atoms with Crippen molar-refractivity contribution >= 4 is 15.9 Å². The predicted octanol–water partition coefficient (Wildman–Crippen LogP) is 3.30. The Kier molecular flexibility index (Phi) is 5.56. The van der Waals surface area contributed by atoms with Gasteiger partial charge in [-0.15, -0.1) is 0 Å². The van der Waals surface area contributed by atoms with Crippen LogP contribution in [-0.2, 0) is 11.3 Å². The average Bonchev–Trinajstić information content (AvgIpc) is 2.71. The van der Waals surface area contributed by atoms with Gasteiger partial charge in [-0.3, -0.25) is 0 Å². The number of hydrogen-bond acceptors (Lipinski definition) is 3. The molecule has 0 aliphatic rings. The van der Waals surface area contributed by atoms with Gasteiger partial charge >= 0.3 is 0 Å². The van der Waals surface area contributed by atoms with E-state index in [9.17, 15) is 0 Å². The van der Waals surface area contributed by atoms with Crippen molar-refractivity contribution in [2.45, 2.75) is 27.3 Å². The molecule has 4 nitrogen and oxygen atoms in total. The normalized spacial score (nSPS) is 11.1. The molecule has 1 N–H and O–H groups in total. The summed E-state index contributed by atoms with van der Waals surface area (Å²) in [6.45, 7) is 8.66. The standard InChI is InChI=1S/C16H22BrN3O/c1-11-9-14(10-18-7-8-21-4)5-6-15(11)20-13(3)16(17)12(2)19-20/h5-6,9,18H,7-8,10H2,1-4H3. The first-order chi connectivity index (χ1) is 10.0. The highest BCUT2D eigenvalue weighted by Crippen LogP contribution is 2.24. The van der Waals surface area contributed by atoms with Crippen molar-refractivity contribution in [2.75, 3.05) is 20.3 Å².